The molecular weight excluding hydrogens is 218 g/mol. The Morgan fingerprint density at radius 2 is 2.06 bits per heavy atom. The summed E-state index contributed by atoms with van der Waals surface area (Å²) in [5, 5.41) is 0. The van der Waals surface area contributed by atoms with Gasteiger partial charge in [-0.05, 0) is 19.9 Å². The summed E-state index contributed by atoms with van der Waals surface area (Å²) in [6, 6.07) is 2.11. The van der Waals surface area contributed by atoms with Crippen LogP contribution >= 0.6 is 0 Å². The molecule has 0 fully saturated rings. The van der Waals surface area contributed by atoms with Crippen molar-refractivity contribution in [3.63, 3.8) is 0 Å². The SMILES string of the molecule is CC1Cc2c(cc3c(c2CON)OC(C)C3)O1. The summed E-state index contributed by atoms with van der Waals surface area (Å²) in [5.74, 6) is 7.15. The first-order valence-corrected chi connectivity index (χ1v) is 6.01. The van der Waals surface area contributed by atoms with Crippen molar-refractivity contribution in [2.24, 2.45) is 5.90 Å². The smallest absolute Gasteiger partial charge is 0.129 e. The van der Waals surface area contributed by atoms with Crippen LogP contribution in [0.25, 0.3) is 0 Å². The average Bonchev–Trinajstić information content (AvgIpc) is 2.79. The highest BCUT2D eigenvalue weighted by Gasteiger charge is 2.31. The molecule has 4 nitrogen and oxygen atoms in total. The molecule has 2 N–H and O–H groups in total. The predicted octanol–water partition coefficient (Wildman–Crippen LogP) is 1.72. The molecule has 0 saturated carbocycles. The first kappa shape index (κ1) is 10.9. The number of nitrogens with two attached hydrogens (primary N) is 1. The molecule has 3 rings (SSSR count). The van der Waals surface area contributed by atoms with E-state index in [-0.39, 0.29) is 12.2 Å². The quantitative estimate of drug-likeness (QED) is 0.793. The maximum atomic E-state index is 5.86. The zero-order valence-electron chi connectivity index (χ0n) is 10.2. The molecule has 4 heteroatoms. The summed E-state index contributed by atoms with van der Waals surface area (Å²) in [6.07, 6.45) is 2.28. The molecule has 0 aromatic heterocycles. The minimum Gasteiger partial charge on any atom is -0.490 e. The molecule has 0 aliphatic carbocycles. The molecule has 0 amide bonds. The molecule has 0 bridgehead atoms. The van der Waals surface area contributed by atoms with E-state index < -0.39 is 0 Å². The van der Waals surface area contributed by atoms with Crippen LogP contribution in [0, 0.1) is 0 Å². The van der Waals surface area contributed by atoms with Gasteiger partial charge in [0.1, 0.15) is 23.7 Å². The lowest BCUT2D eigenvalue weighted by Crippen LogP contribution is -2.09. The average molecular weight is 235 g/mol. The molecule has 2 aliphatic rings. The molecule has 2 unspecified atom stereocenters. The zero-order valence-corrected chi connectivity index (χ0v) is 10.2. The second-order valence-electron chi connectivity index (χ2n) is 4.90. The van der Waals surface area contributed by atoms with Gasteiger partial charge in [-0.15, -0.1) is 0 Å². The Morgan fingerprint density at radius 1 is 1.29 bits per heavy atom. The molecule has 0 spiro atoms. The molecule has 1 aromatic rings. The van der Waals surface area contributed by atoms with Crippen molar-refractivity contribution < 1.29 is 14.3 Å². The molecule has 2 heterocycles. The van der Waals surface area contributed by atoms with Crippen LogP contribution in [0.2, 0.25) is 0 Å². The number of fused-ring (bicyclic) bond motifs is 2. The summed E-state index contributed by atoms with van der Waals surface area (Å²) in [4.78, 5) is 4.81. The van der Waals surface area contributed by atoms with E-state index in [0.717, 1.165) is 29.9 Å². The van der Waals surface area contributed by atoms with Crippen LogP contribution in [0.1, 0.15) is 30.5 Å². The number of ether oxygens (including phenoxy) is 2. The van der Waals surface area contributed by atoms with Crippen molar-refractivity contribution in [2.75, 3.05) is 0 Å². The lowest BCUT2D eigenvalue weighted by Gasteiger charge is -2.12. The van der Waals surface area contributed by atoms with Crippen LogP contribution in [0.4, 0.5) is 0 Å². The molecule has 92 valence electrons. The van der Waals surface area contributed by atoms with Gasteiger partial charge in [-0.2, -0.15) is 0 Å². The van der Waals surface area contributed by atoms with E-state index in [2.05, 4.69) is 19.9 Å². The standard InChI is InChI=1S/C13H17NO3/c1-7-3-9-5-12-10(4-8(2)16-12)11(6-15-14)13(9)17-7/h5,7-8H,3-4,6,14H2,1-2H3. The lowest BCUT2D eigenvalue weighted by atomic mass is 9.98. The Kier molecular flexibility index (Phi) is 2.49. The third-order valence-electron chi connectivity index (χ3n) is 3.41. The zero-order chi connectivity index (χ0) is 12.0. The molecule has 2 aliphatic heterocycles. The van der Waals surface area contributed by atoms with Gasteiger partial charge in [0.05, 0.1) is 6.61 Å². The molecular formula is C13H17NO3. The monoisotopic (exact) mass is 235 g/mol. The van der Waals surface area contributed by atoms with Crippen LogP contribution in [0.15, 0.2) is 6.07 Å². The van der Waals surface area contributed by atoms with E-state index in [0.29, 0.717) is 6.61 Å². The number of rotatable bonds is 2. The summed E-state index contributed by atoms with van der Waals surface area (Å²) in [6.45, 7) is 4.53. The highest BCUT2D eigenvalue weighted by atomic mass is 16.6. The predicted molar refractivity (Wildman–Crippen MR) is 63.0 cm³/mol. The Hall–Kier alpha value is -1.26. The largest absolute Gasteiger partial charge is 0.490 e. The van der Waals surface area contributed by atoms with Crippen LogP contribution in [0.5, 0.6) is 11.5 Å². The van der Waals surface area contributed by atoms with Crippen LogP contribution in [0.3, 0.4) is 0 Å². The Morgan fingerprint density at radius 3 is 2.82 bits per heavy atom. The highest BCUT2D eigenvalue weighted by Crippen LogP contribution is 2.43. The fourth-order valence-electron chi connectivity index (χ4n) is 2.75. The molecule has 0 saturated heterocycles. The first-order chi connectivity index (χ1) is 8.19. The highest BCUT2D eigenvalue weighted by molar-refractivity contribution is 5.57. The number of hydrogen-bond acceptors (Lipinski definition) is 4. The van der Waals surface area contributed by atoms with E-state index in [1.165, 1.54) is 11.1 Å². The molecule has 1 aromatic carbocycles. The minimum atomic E-state index is 0.224. The summed E-state index contributed by atoms with van der Waals surface area (Å²) in [5.41, 5.74) is 3.46. The summed E-state index contributed by atoms with van der Waals surface area (Å²) < 4.78 is 11.7. The van der Waals surface area contributed by atoms with Crippen molar-refractivity contribution in [3.05, 3.63) is 22.8 Å². The molecule has 2 atom stereocenters. The van der Waals surface area contributed by atoms with E-state index >= 15 is 0 Å². The van der Waals surface area contributed by atoms with Crippen molar-refractivity contribution in [1.82, 2.24) is 0 Å². The third kappa shape index (κ3) is 1.68. The van der Waals surface area contributed by atoms with E-state index in [9.17, 15) is 0 Å². The van der Waals surface area contributed by atoms with Gasteiger partial charge in [-0.25, -0.2) is 5.90 Å². The van der Waals surface area contributed by atoms with Gasteiger partial charge >= 0.3 is 0 Å². The Bertz CT molecular complexity index is 422. The minimum absolute atomic E-state index is 0.224. The van der Waals surface area contributed by atoms with Gasteiger partial charge in [0, 0.05) is 29.5 Å². The Labute approximate surface area is 101 Å². The van der Waals surface area contributed by atoms with Crippen LogP contribution in [-0.4, -0.2) is 12.2 Å². The normalized spacial score (nSPS) is 25.1. The van der Waals surface area contributed by atoms with Crippen LogP contribution < -0.4 is 15.4 Å². The number of benzene rings is 1. The Balaban J connectivity index is 2.11. The molecule has 17 heavy (non-hydrogen) atoms. The maximum Gasteiger partial charge on any atom is 0.129 e. The van der Waals surface area contributed by atoms with E-state index in [1.54, 1.807) is 0 Å². The number of hydrogen-bond donors (Lipinski definition) is 1. The van der Waals surface area contributed by atoms with Gasteiger partial charge in [-0.3, -0.25) is 4.84 Å². The second-order valence-corrected chi connectivity index (χ2v) is 4.90. The van der Waals surface area contributed by atoms with Gasteiger partial charge < -0.3 is 9.47 Å². The van der Waals surface area contributed by atoms with Crippen LogP contribution in [-0.2, 0) is 24.3 Å². The van der Waals surface area contributed by atoms with Crippen molar-refractivity contribution in [1.29, 1.82) is 0 Å². The first-order valence-electron chi connectivity index (χ1n) is 6.01. The summed E-state index contributed by atoms with van der Waals surface area (Å²) >= 11 is 0. The fraction of sp³-hybridized carbons (Fsp3) is 0.538. The van der Waals surface area contributed by atoms with Gasteiger partial charge in [0.2, 0.25) is 0 Å². The topological polar surface area (TPSA) is 53.7 Å². The van der Waals surface area contributed by atoms with Gasteiger partial charge in [-0.1, -0.05) is 0 Å². The van der Waals surface area contributed by atoms with E-state index in [4.69, 9.17) is 20.2 Å². The lowest BCUT2D eigenvalue weighted by molar-refractivity contribution is 0.120. The maximum absolute atomic E-state index is 5.86. The van der Waals surface area contributed by atoms with Crippen molar-refractivity contribution >= 4 is 0 Å². The second kappa shape index (κ2) is 3.89. The fourth-order valence-corrected chi connectivity index (χ4v) is 2.75. The molecule has 0 radical (unpaired) electrons. The van der Waals surface area contributed by atoms with E-state index in [1.807, 2.05) is 0 Å². The van der Waals surface area contributed by atoms with Crippen molar-refractivity contribution in [2.45, 2.75) is 45.5 Å². The van der Waals surface area contributed by atoms with Crippen molar-refractivity contribution in [3.8, 4) is 11.5 Å². The summed E-state index contributed by atoms with van der Waals surface area (Å²) in [7, 11) is 0. The third-order valence-corrected chi connectivity index (χ3v) is 3.41. The van der Waals surface area contributed by atoms with Gasteiger partial charge in [0.25, 0.3) is 0 Å². The van der Waals surface area contributed by atoms with Gasteiger partial charge in [0.15, 0.2) is 0 Å².